The molecule has 24 heavy (non-hydrogen) atoms. The molecule has 0 bridgehead atoms. The lowest BCUT2D eigenvalue weighted by molar-refractivity contribution is -0.137. The van der Waals surface area contributed by atoms with Crippen molar-refractivity contribution in [3.8, 4) is 0 Å². The van der Waals surface area contributed by atoms with Gasteiger partial charge in [-0.3, -0.25) is 14.5 Å². The van der Waals surface area contributed by atoms with Gasteiger partial charge in [0.05, 0.1) is 19.8 Å². The number of carbonyl (C=O) groups excluding carboxylic acids is 1. The van der Waals surface area contributed by atoms with Crippen molar-refractivity contribution in [3.63, 3.8) is 0 Å². The van der Waals surface area contributed by atoms with Gasteiger partial charge in [-0.15, -0.1) is 0 Å². The summed E-state index contributed by atoms with van der Waals surface area (Å²) in [5, 5.41) is 36.1. The van der Waals surface area contributed by atoms with E-state index in [1.807, 2.05) is 0 Å². The molecule has 1 amide bonds. The molecule has 8 heteroatoms. The lowest BCUT2D eigenvalue weighted by atomic mass is 10.1. The Morgan fingerprint density at radius 1 is 0.875 bits per heavy atom. The Bertz CT molecular complexity index is 288. The van der Waals surface area contributed by atoms with Crippen LogP contribution in [0.25, 0.3) is 0 Å². The van der Waals surface area contributed by atoms with Crippen LogP contribution in [0, 0.1) is 0 Å². The van der Waals surface area contributed by atoms with Crippen molar-refractivity contribution in [2.45, 2.75) is 45.4 Å². The zero-order valence-electron chi connectivity index (χ0n) is 14.7. The summed E-state index contributed by atoms with van der Waals surface area (Å²) in [5.74, 6) is -1.16. The molecule has 0 saturated heterocycles. The summed E-state index contributed by atoms with van der Waals surface area (Å²) in [6.07, 6.45) is 5.89. The number of carboxylic acid groups (broad SMARTS) is 1. The fraction of sp³-hybridized carbons (Fsp3) is 0.875. The number of amides is 1. The molecule has 0 spiro atoms. The summed E-state index contributed by atoms with van der Waals surface area (Å²) >= 11 is 0. The summed E-state index contributed by atoms with van der Waals surface area (Å²) in [6.45, 7) is 3.62. The van der Waals surface area contributed by atoms with Gasteiger partial charge in [0.2, 0.25) is 5.91 Å². The second-order valence-corrected chi connectivity index (χ2v) is 5.35. The first-order valence-electron chi connectivity index (χ1n) is 8.55. The first-order valence-corrected chi connectivity index (χ1v) is 8.55. The van der Waals surface area contributed by atoms with E-state index in [-0.39, 0.29) is 32.3 Å². The van der Waals surface area contributed by atoms with Crippen molar-refractivity contribution in [1.29, 1.82) is 0 Å². The van der Waals surface area contributed by atoms with Crippen LogP contribution in [0.2, 0.25) is 0 Å². The molecule has 0 unspecified atom stereocenters. The van der Waals surface area contributed by atoms with Crippen molar-refractivity contribution >= 4 is 11.9 Å². The van der Waals surface area contributed by atoms with Crippen molar-refractivity contribution in [2.24, 2.45) is 0 Å². The van der Waals surface area contributed by atoms with Crippen LogP contribution in [0.4, 0.5) is 0 Å². The molecule has 0 aromatic rings. The summed E-state index contributed by atoms with van der Waals surface area (Å²) in [5.41, 5.74) is 0. The molecule has 0 radical (unpaired) electrons. The molecule has 0 aromatic carbocycles. The van der Waals surface area contributed by atoms with Gasteiger partial charge in [0, 0.05) is 26.1 Å². The van der Waals surface area contributed by atoms with Gasteiger partial charge < -0.3 is 25.7 Å². The zero-order chi connectivity index (χ0) is 18.6. The van der Waals surface area contributed by atoms with Gasteiger partial charge in [-0.1, -0.05) is 32.6 Å². The van der Waals surface area contributed by atoms with Gasteiger partial charge in [-0.2, -0.15) is 0 Å². The first-order chi connectivity index (χ1) is 11.5. The van der Waals surface area contributed by atoms with Gasteiger partial charge in [0.25, 0.3) is 0 Å². The van der Waals surface area contributed by atoms with Crippen molar-refractivity contribution in [3.05, 3.63) is 0 Å². The Morgan fingerprint density at radius 2 is 1.38 bits per heavy atom. The van der Waals surface area contributed by atoms with Gasteiger partial charge in [0.1, 0.15) is 6.54 Å². The van der Waals surface area contributed by atoms with Gasteiger partial charge in [-0.05, 0) is 6.42 Å². The monoisotopic (exact) mass is 350 g/mol. The number of unbranched alkanes of at least 4 members (excludes halogenated alkanes) is 4. The van der Waals surface area contributed by atoms with E-state index in [0.29, 0.717) is 26.1 Å². The molecule has 0 rings (SSSR count). The maximum absolute atomic E-state index is 11.0. The number of nitrogens with one attached hydrogen (secondary N) is 1. The maximum Gasteiger partial charge on any atom is 0.322 e. The topological polar surface area (TPSA) is 130 Å². The number of carboxylic acids is 1. The van der Waals surface area contributed by atoms with E-state index in [4.69, 9.17) is 20.4 Å². The van der Waals surface area contributed by atoms with Crippen molar-refractivity contribution in [2.75, 3.05) is 46.0 Å². The molecule has 0 aliphatic carbocycles. The third kappa shape index (κ3) is 20.8. The van der Waals surface area contributed by atoms with Crippen LogP contribution in [-0.2, 0) is 9.59 Å². The first kappa shape index (κ1) is 25.0. The molecule has 0 saturated carbocycles. The Morgan fingerprint density at radius 3 is 1.79 bits per heavy atom. The molecular weight excluding hydrogens is 316 g/mol. The molecule has 0 aromatic heterocycles. The van der Waals surface area contributed by atoms with E-state index >= 15 is 0 Å². The highest BCUT2D eigenvalue weighted by Gasteiger charge is 2.02. The molecule has 144 valence electrons. The third-order valence-corrected chi connectivity index (χ3v) is 3.19. The highest BCUT2D eigenvalue weighted by atomic mass is 16.4. The van der Waals surface area contributed by atoms with Gasteiger partial charge in [-0.25, -0.2) is 0 Å². The number of hydrogen-bond donors (Lipinski definition) is 5. The lowest BCUT2D eigenvalue weighted by Gasteiger charge is -2.17. The number of carbonyl (C=O) groups is 2. The minimum absolute atomic E-state index is 0.0694. The average molecular weight is 350 g/mol. The van der Waals surface area contributed by atoms with E-state index in [9.17, 15) is 9.59 Å². The Labute approximate surface area is 144 Å². The van der Waals surface area contributed by atoms with E-state index < -0.39 is 5.97 Å². The van der Waals surface area contributed by atoms with Gasteiger partial charge >= 0.3 is 5.97 Å². The number of aliphatic carboxylic acids is 1. The van der Waals surface area contributed by atoms with Gasteiger partial charge in [0.15, 0.2) is 0 Å². The predicted molar refractivity (Wildman–Crippen MR) is 91.7 cm³/mol. The molecule has 0 heterocycles. The molecule has 8 nitrogen and oxygen atoms in total. The Balaban J connectivity index is 0. The largest absolute Gasteiger partial charge is 0.480 e. The summed E-state index contributed by atoms with van der Waals surface area (Å²) in [6, 6.07) is 0. The van der Waals surface area contributed by atoms with Crippen LogP contribution in [0.15, 0.2) is 0 Å². The van der Waals surface area contributed by atoms with Crippen LogP contribution in [0.3, 0.4) is 0 Å². The summed E-state index contributed by atoms with van der Waals surface area (Å²) in [4.78, 5) is 22.9. The molecular formula is C16H34N2O6. The highest BCUT2D eigenvalue weighted by Crippen LogP contribution is 2.04. The van der Waals surface area contributed by atoms with Crippen LogP contribution < -0.4 is 5.32 Å². The van der Waals surface area contributed by atoms with Crippen LogP contribution in [-0.4, -0.2) is 83.2 Å². The predicted octanol–water partition coefficient (Wildman–Crippen LogP) is -0.187. The minimum Gasteiger partial charge on any atom is -0.480 e. The van der Waals surface area contributed by atoms with Crippen molar-refractivity contribution < 1.29 is 30.0 Å². The third-order valence-electron chi connectivity index (χ3n) is 3.19. The average Bonchev–Trinajstić information content (AvgIpc) is 2.54. The smallest absolute Gasteiger partial charge is 0.322 e. The summed E-state index contributed by atoms with van der Waals surface area (Å²) < 4.78 is 0. The molecule has 0 aliphatic rings. The number of nitrogens with zero attached hydrogens (tertiary/aromatic N) is 1. The van der Waals surface area contributed by atoms with Crippen LogP contribution in [0.1, 0.15) is 45.4 Å². The number of rotatable bonds is 14. The maximum atomic E-state index is 11.0. The van der Waals surface area contributed by atoms with Crippen LogP contribution >= 0.6 is 0 Å². The molecule has 5 N–H and O–H groups in total. The van der Waals surface area contributed by atoms with E-state index in [0.717, 1.165) is 19.3 Å². The zero-order valence-corrected chi connectivity index (χ0v) is 14.7. The Hall–Kier alpha value is -1.22. The second-order valence-electron chi connectivity index (χ2n) is 5.35. The van der Waals surface area contributed by atoms with E-state index in [1.165, 1.54) is 12.8 Å². The number of aliphatic hydroxyl groups is 3. The second kappa shape index (κ2) is 19.8. The summed E-state index contributed by atoms with van der Waals surface area (Å²) in [7, 11) is 0. The fourth-order valence-electron chi connectivity index (χ4n) is 1.91. The van der Waals surface area contributed by atoms with E-state index in [2.05, 4.69) is 12.2 Å². The SMILES string of the molecule is CCCCCCCC(=O)NCC(=O)O.OCCN(CCO)CCO. The standard InChI is InChI=1S/C10H19NO3.C6H15NO3/c1-2-3-4-5-6-7-9(12)11-8-10(13)14;8-4-1-7(2-5-9)3-6-10/h2-8H2,1H3,(H,11,12)(H,13,14);8-10H,1-6H2. The normalized spacial score (nSPS) is 10.2. The number of hydrogen-bond acceptors (Lipinski definition) is 6. The Kier molecular flexibility index (Phi) is 20.7. The minimum atomic E-state index is -0.996. The van der Waals surface area contributed by atoms with Crippen LogP contribution in [0.5, 0.6) is 0 Å². The number of aliphatic hydroxyl groups excluding tert-OH is 3. The quantitative estimate of drug-likeness (QED) is 0.275. The van der Waals surface area contributed by atoms with Crippen molar-refractivity contribution in [1.82, 2.24) is 10.2 Å². The fourth-order valence-corrected chi connectivity index (χ4v) is 1.91. The molecule has 0 fully saturated rings. The van der Waals surface area contributed by atoms with E-state index in [1.54, 1.807) is 4.90 Å². The highest BCUT2D eigenvalue weighted by molar-refractivity contribution is 5.80. The molecule has 0 atom stereocenters. The lowest BCUT2D eigenvalue weighted by Crippen LogP contribution is -2.32. The molecule has 0 aliphatic heterocycles.